The highest BCUT2D eigenvalue weighted by Gasteiger charge is 2.35. The molecule has 2 rings (SSSR count). The van der Waals surface area contributed by atoms with Crippen LogP contribution in [0.25, 0.3) is 0 Å². The summed E-state index contributed by atoms with van der Waals surface area (Å²) in [4.78, 5) is 24.9. The van der Waals surface area contributed by atoms with Gasteiger partial charge in [0.05, 0.1) is 0 Å². The number of ether oxygens (including phenoxy) is 1. The average molecular weight is 413 g/mol. The minimum absolute atomic E-state index is 0. The molecule has 1 atom stereocenters. The molecule has 0 saturated carbocycles. The van der Waals surface area contributed by atoms with Crippen LogP contribution in [0.3, 0.4) is 0 Å². The molecule has 0 radical (unpaired) electrons. The molecule has 9 nitrogen and oxygen atoms in total. The van der Waals surface area contributed by atoms with Crippen molar-refractivity contribution >= 4 is 21.8 Å². The van der Waals surface area contributed by atoms with Crippen LogP contribution < -0.4 is 5.18 Å². The highest BCUT2D eigenvalue weighted by atomic mass is 32.2. The quantitative estimate of drug-likeness (QED) is 0.741. The fraction of sp³-hybridized carbons (Fsp3) is 0.500. The number of nitrogens with one attached hydrogen (secondary N) is 1. The predicted molar refractivity (Wildman–Crippen MR) is 103 cm³/mol. The number of amides is 1. The van der Waals surface area contributed by atoms with Crippen molar-refractivity contribution in [3.63, 3.8) is 0 Å². The van der Waals surface area contributed by atoms with E-state index in [9.17, 15) is 18.1 Å². The average Bonchev–Trinajstić information content (AvgIpc) is 2.56. The van der Waals surface area contributed by atoms with Gasteiger partial charge in [-0.2, -0.15) is 4.31 Å². The lowest BCUT2D eigenvalue weighted by Gasteiger charge is -2.34. The number of para-hydroxylation sites is 1. The maximum absolute atomic E-state index is 13.1. The van der Waals surface area contributed by atoms with Gasteiger partial charge in [-0.05, 0) is 33.8 Å². The van der Waals surface area contributed by atoms with E-state index in [1.165, 1.54) is 21.3 Å². The zero-order valence-corrected chi connectivity index (χ0v) is 17.3. The van der Waals surface area contributed by atoms with Crippen molar-refractivity contribution in [2.75, 3.05) is 19.6 Å². The Bertz CT molecular complexity index is 832. The molecule has 1 heterocycles. The first-order chi connectivity index (χ1) is 12.6. The lowest BCUT2D eigenvalue weighted by Crippen LogP contribution is -2.57. The number of benzene rings is 1. The summed E-state index contributed by atoms with van der Waals surface area (Å²) < 4.78 is 32.9. The van der Waals surface area contributed by atoms with Crippen LogP contribution >= 0.6 is 0 Å². The second kappa shape index (κ2) is 9.26. The van der Waals surface area contributed by atoms with E-state index in [1.807, 2.05) is 0 Å². The molecule has 0 aromatic heterocycles. The molecule has 0 aliphatic carbocycles. The summed E-state index contributed by atoms with van der Waals surface area (Å²) in [7, 11) is -3.94. The summed E-state index contributed by atoms with van der Waals surface area (Å²) in [5, 5.41) is 1.68. The third-order valence-corrected chi connectivity index (χ3v) is 6.03. The standard InChI is InChI=1S/C18H25N3O5S.H2O/c1-14-13-20(17(22)26-18(2,3)4)11-7-8-12-21(14)27(24,25)16-10-6-5-9-15(16)19-23;/h5-10,14H,11-13H2,1-4H3;1H2/b8-7-;/t14-;/m1./s1. The zero-order valence-electron chi connectivity index (χ0n) is 16.5. The fourth-order valence-corrected chi connectivity index (χ4v) is 4.47. The van der Waals surface area contributed by atoms with E-state index in [1.54, 1.807) is 57.2 Å². The minimum atomic E-state index is -3.94. The summed E-state index contributed by atoms with van der Waals surface area (Å²) in [6.45, 7) is 7.71. The molecule has 2 N–H and O–H groups in total. The van der Waals surface area contributed by atoms with Gasteiger partial charge in [0.15, 0.2) is 4.90 Å². The molecule has 0 bridgehead atoms. The molecule has 0 saturated heterocycles. The van der Waals surface area contributed by atoms with Crippen molar-refractivity contribution in [2.45, 2.75) is 44.2 Å². The summed E-state index contributed by atoms with van der Waals surface area (Å²) >= 11 is 0. The second-order valence-electron chi connectivity index (χ2n) is 7.38. The lowest BCUT2D eigenvalue weighted by molar-refractivity contribution is -0.382. The van der Waals surface area contributed by atoms with E-state index in [0.717, 1.165) is 0 Å². The van der Waals surface area contributed by atoms with E-state index in [0.29, 0.717) is 6.54 Å². The lowest BCUT2D eigenvalue weighted by atomic mass is 10.2. The van der Waals surface area contributed by atoms with E-state index < -0.39 is 27.8 Å². The van der Waals surface area contributed by atoms with Crippen LogP contribution in [-0.4, -0.2) is 60.5 Å². The van der Waals surface area contributed by atoms with Gasteiger partial charge < -0.3 is 15.1 Å². The number of carbonyl (C=O) groups excluding carboxylic acids is 1. The molecule has 1 amide bonds. The van der Waals surface area contributed by atoms with Gasteiger partial charge in [0.2, 0.25) is 10.0 Å². The predicted octanol–water partition coefficient (Wildman–Crippen LogP) is 1.17. The van der Waals surface area contributed by atoms with E-state index in [2.05, 4.69) is 0 Å². The molecule has 28 heavy (non-hydrogen) atoms. The van der Waals surface area contributed by atoms with Crippen molar-refractivity contribution in [1.29, 1.82) is 0 Å². The Kier molecular flexibility index (Phi) is 7.85. The van der Waals surface area contributed by atoms with Gasteiger partial charge in [-0.3, -0.25) is 0 Å². The number of hydrogen-bond acceptors (Lipinski definition) is 6. The van der Waals surface area contributed by atoms with Gasteiger partial charge in [0.1, 0.15) is 5.60 Å². The SMILES string of the molecule is C[C@@H]1CN(C(=O)OC(C)(C)C)C/C=C\CN1S(=O)(=O)c1ccccc1[NH+]=O.[OH-]. The number of nitroso groups, excluding NO2 is 1. The first kappa shape index (κ1) is 23.7. The van der Waals surface area contributed by atoms with E-state index in [4.69, 9.17) is 4.74 Å². The van der Waals surface area contributed by atoms with Gasteiger partial charge in [-0.25, -0.2) is 13.2 Å². The minimum Gasteiger partial charge on any atom is -0.870 e. The summed E-state index contributed by atoms with van der Waals surface area (Å²) in [6, 6.07) is 5.44. The summed E-state index contributed by atoms with van der Waals surface area (Å²) in [5.41, 5.74) is -0.656. The Morgan fingerprint density at radius 1 is 1.18 bits per heavy atom. The van der Waals surface area contributed by atoms with Crippen LogP contribution in [0.15, 0.2) is 41.3 Å². The van der Waals surface area contributed by atoms with Crippen LogP contribution in [0, 0.1) is 4.91 Å². The zero-order chi connectivity index (χ0) is 20.2. The van der Waals surface area contributed by atoms with Crippen molar-refractivity contribution in [3.8, 4) is 0 Å². The van der Waals surface area contributed by atoms with Crippen molar-refractivity contribution in [3.05, 3.63) is 41.3 Å². The Balaban J connectivity index is 0.00000392. The van der Waals surface area contributed by atoms with Gasteiger partial charge in [0.25, 0.3) is 5.69 Å². The van der Waals surface area contributed by atoms with Crippen LogP contribution in [0.4, 0.5) is 10.5 Å². The molecular formula is C18H27N3O6S. The molecule has 1 aromatic rings. The highest BCUT2D eigenvalue weighted by Crippen LogP contribution is 2.24. The number of sulfonamides is 1. The summed E-state index contributed by atoms with van der Waals surface area (Å²) in [6.07, 6.45) is 2.92. The number of rotatable bonds is 3. The Morgan fingerprint density at radius 3 is 2.39 bits per heavy atom. The maximum Gasteiger partial charge on any atom is 0.410 e. The van der Waals surface area contributed by atoms with Crippen LogP contribution in [0.1, 0.15) is 27.7 Å². The van der Waals surface area contributed by atoms with E-state index in [-0.39, 0.29) is 29.1 Å². The van der Waals surface area contributed by atoms with Crippen molar-refractivity contribution < 1.29 is 28.6 Å². The molecule has 1 aromatic carbocycles. The highest BCUT2D eigenvalue weighted by molar-refractivity contribution is 7.89. The largest absolute Gasteiger partial charge is 0.870 e. The fourth-order valence-electron chi connectivity index (χ4n) is 2.76. The van der Waals surface area contributed by atoms with Crippen molar-refractivity contribution in [2.24, 2.45) is 0 Å². The Labute approximate surface area is 165 Å². The molecule has 0 unspecified atom stereocenters. The molecule has 1 aliphatic rings. The van der Waals surface area contributed by atoms with E-state index >= 15 is 0 Å². The molecule has 0 fully saturated rings. The molecular weight excluding hydrogens is 386 g/mol. The third-order valence-electron chi connectivity index (χ3n) is 3.99. The number of nitrogens with zero attached hydrogens (tertiary/aromatic N) is 2. The van der Waals surface area contributed by atoms with Crippen LogP contribution in [0.5, 0.6) is 0 Å². The number of hydrogen-bond donors (Lipinski definition) is 1. The first-order valence-electron chi connectivity index (χ1n) is 8.68. The smallest absolute Gasteiger partial charge is 0.410 e. The number of carbonyl (C=O) groups is 1. The van der Waals surface area contributed by atoms with Crippen LogP contribution in [-0.2, 0) is 14.8 Å². The first-order valence-corrected chi connectivity index (χ1v) is 10.1. The Hall–Kier alpha value is -2.30. The second-order valence-corrected chi connectivity index (χ2v) is 9.24. The molecule has 1 aliphatic heterocycles. The van der Waals surface area contributed by atoms with Gasteiger partial charge in [-0.15, -0.1) is 0 Å². The molecule has 156 valence electrons. The van der Waals surface area contributed by atoms with Gasteiger partial charge in [0, 0.05) is 41.8 Å². The van der Waals surface area contributed by atoms with Crippen LogP contribution in [0.2, 0.25) is 0 Å². The van der Waals surface area contributed by atoms with Crippen molar-refractivity contribution in [1.82, 2.24) is 9.21 Å². The molecule has 10 heteroatoms. The normalized spacial score (nSPS) is 19.7. The Morgan fingerprint density at radius 2 is 1.79 bits per heavy atom. The van der Waals surface area contributed by atoms with Gasteiger partial charge >= 0.3 is 6.09 Å². The monoisotopic (exact) mass is 413 g/mol. The third kappa shape index (κ3) is 5.60. The molecule has 0 spiro atoms. The van der Waals surface area contributed by atoms with Gasteiger partial charge in [-0.1, -0.05) is 24.3 Å². The summed E-state index contributed by atoms with van der Waals surface area (Å²) in [5.74, 6) is 0. The topological polar surface area (TPSA) is 128 Å². The maximum atomic E-state index is 13.1.